The summed E-state index contributed by atoms with van der Waals surface area (Å²) in [7, 11) is 0. The molecule has 0 spiro atoms. The molecule has 19 heavy (non-hydrogen) atoms. The Hall–Kier alpha value is -1.59. The van der Waals surface area contributed by atoms with Crippen molar-refractivity contribution in [2.75, 3.05) is 26.2 Å². The molecule has 0 saturated carbocycles. The Bertz CT molecular complexity index is 396. The third kappa shape index (κ3) is 3.05. The molecule has 106 valence electrons. The van der Waals surface area contributed by atoms with Crippen molar-refractivity contribution in [3.63, 3.8) is 0 Å². The second-order valence-corrected chi connectivity index (χ2v) is 5.37. The normalized spacial score (nSPS) is 27.1. The van der Waals surface area contributed by atoms with E-state index in [2.05, 4.69) is 0 Å². The topological polar surface area (TPSA) is 77.9 Å². The Kier molecular flexibility index (Phi) is 4.07. The lowest BCUT2D eigenvalue weighted by Gasteiger charge is -2.20. The number of likely N-dealkylation sites (tertiary alicyclic amines) is 2. The van der Waals surface area contributed by atoms with Crippen molar-refractivity contribution in [1.82, 2.24) is 9.80 Å². The molecule has 6 nitrogen and oxygen atoms in total. The number of carbonyl (C=O) groups is 3. The fourth-order valence-electron chi connectivity index (χ4n) is 2.95. The fourth-order valence-corrected chi connectivity index (χ4v) is 2.95. The second-order valence-electron chi connectivity index (χ2n) is 5.37. The van der Waals surface area contributed by atoms with Crippen LogP contribution in [0.5, 0.6) is 0 Å². The molecule has 0 aromatic rings. The molecule has 0 aromatic heterocycles. The summed E-state index contributed by atoms with van der Waals surface area (Å²) in [6.07, 6.45) is 1.16. The molecule has 2 rings (SSSR count). The molecule has 2 amide bonds. The van der Waals surface area contributed by atoms with Gasteiger partial charge in [0.1, 0.15) is 0 Å². The maximum Gasteiger partial charge on any atom is 0.303 e. The van der Waals surface area contributed by atoms with Crippen LogP contribution in [-0.2, 0) is 14.4 Å². The van der Waals surface area contributed by atoms with E-state index in [0.29, 0.717) is 32.6 Å². The lowest BCUT2D eigenvalue weighted by molar-refractivity contribution is -0.139. The van der Waals surface area contributed by atoms with Gasteiger partial charge in [0.25, 0.3) is 0 Å². The van der Waals surface area contributed by atoms with Crippen LogP contribution in [0.25, 0.3) is 0 Å². The second kappa shape index (κ2) is 5.59. The summed E-state index contributed by atoms with van der Waals surface area (Å²) < 4.78 is 0. The van der Waals surface area contributed by atoms with E-state index < -0.39 is 5.97 Å². The maximum absolute atomic E-state index is 12.3. The van der Waals surface area contributed by atoms with Crippen LogP contribution in [0.2, 0.25) is 0 Å². The minimum Gasteiger partial charge on any atom is -0.481 e. The number of carbonyl (C=O) groups excluding carboxylic acids is 2. The first-order chi connectivity index (χ1) is 9.01. The van der Waals surface area contributed by atoms with Gasteiger partial charge in [0.2, 0.25) is 11.8 Å². The molecule has 2 fully saturated rings. The Morgan fingerprint density at radius 3 is 2.68 bits per heavy atom. The average molecular weight is 268 g/mol. The zero-order chi connectivity index (χ0) is 14.0. The van der Waals surface area contributed by atoms with Crippen molar-refractivity contribution in [2.45, 2.75) is 26.2 Å². The molecule has 0 aliphatic carbocycles. The number of aliphatic carboxylic acids is 1. The standard InChI is InChI=1S/C13H20N2O4/c1-2-14-8-10(6-11(14)16)13(19)15-4-3-9(7-15)5-12(17)18/h9-10H,2-8H2,1H3,(H,17,18). The van der Waals surface area contributed by atoms with Crippen molar-refractivity contribution < 1.29 is 19.5 Å². The van der Waals surface area contributed by atoms with E-state index in [1.54, 1.807) is 9.80 Å². The van der Waals surface area contributed by atoms with Crippen molar-refractivity contribution in [3.8, 4) is 0 Å². The van der Waals surface area contributed by atoms with E-state index in [1.807, 2.05) is 6.92 Å². The molecular formula is C13H20N2O4. The third-order valence-electron chi connectivity index (χ3n) is 4.01. The van der Waals surface area contributed by atoms with Gasteiger partial charge in [-0.15, -0.1) is 0 Å². The first-order valence-electron chi connectivity index (χ1n) is 6.79. The monoisotopic (exact) mass is 268 g/mol. The molecule has 0 bridgehead atoms. The largest absolute Gasteiger partial charge is 0.481 e. The lowest BCUT2D eigenvalue weighted by Crippen LogP contribution is -2.36. The highest BCUT2D eigenvalue weighted by molar-refractivity contribution is 5.89. The van der Waals surface area contributed by atoms with Crippen molar-refractivity contribution in [1.29, 1.82) is 0 Å². The molecule has 2 unspecified atom stereocenters. The molecule has 6 heteroatoms. The minimum absolute atomic E-state index is 0.0113. The molecule has 2 heterocycles. The van der Waals surface area contributed by atoms with E-state index in [1.165, 1.54) is 0 Å². The summed E-state index contributed by atoms with van der Waals surface area (Å²) in [6, 6.07) is 0. The van der Waals surface area contributed by atoms with Crippen LogP contribution in [0.3, 0.4) is 0 Å². The highest BCUT2D eigenvalue weighted by Crippen LogP contribution is 2.25. The van der Waals surface area contributed by atoms with Gasteiger partial charge in [-0.3, -0.25) is 14.4 Å². The number of amides is 2. The first-order valence-corrected chi connectivity index (χ1v) is 6.79. The molecule has 2 atom stereocenters. The van der Waals surface area contributed by atoms with Gasteiger partial charge in [-0.1, -0.05) is 0 Å². The average Bonchev–Trinajstić information content (AvgIpc) is 2.94. The molecule has 2 aliphatic rings. The van der Waals surface area contributed by atoms with Crippen LogP contribution in [0.15, 0.2) is 0 Å². The number of carboxylic acid groups (broad SMARTS) is 1. The van der Waals surface area contributed by atoms with Gasteiger partial charge in [-0.25, -0.2) is 0 Å². The molecule has 0 aromatic carbocycles. The number of carboxylic acids is 1. The van der Waals surface area contributed by atoms with Crippen molar-refractivity contribution in [3.05, 3.63) is 0 Å². The van der Waals surface area contributed by atoms with Crippen LogP contribution in [-0.4, -0.2) is 58.9 Å². The van der Waals surface area contributed by atoms with Crippen molar-refractivity contribution >= 4 is 17.8 Å². The summed E-state index contributed by atoms with van der Waals surface area (Å²) in [5, 5.41) is 8.76. The van der Waals surface area contributed by atoms with Gasteiger partial charge < -0.3 is 14.9 Å². The molecule has 1 N–H and O–H groups in total. The predicted molar refractivity (Wildman–Crippen MR) is 67.3 cm³/mol. The summed E-state index contributed by atoms with van der Waals surface area (Å²) in [5.74, 6) is -0.941. The zero-order valence-corrected chi connectivity index (χ0v) is 11.2. The third-order valence-corrected chi connectivity index (χ3v) is 4.01. The Balaban J connectivity index is 1.88. The number of nitrogens with zero attached hydrogens (tertiary/aromatic N) is 2. The Morgan fingerprint density at radius 1 is 1.37 bits per heavy atom. The summed E-state index contributed by atoms with van der Waals surface area (Å²) >= 11 is 0. The van der Waals surface area contributed by atoms with Crippen LogP contribution >= 0.6 is 0 Å². The van der Waals surface area contributed by atoms with E-state index in [4.69, 9.17) is 5.11 Å². The number of hydrogen-bond acceptors (Lipinski definition) is 3. The van der Waals surface area contributed by atoms with E-state index >= 15 is 0 Å². The Morgan fingerprint density at radius 2 is 2.11 bits per heavy atom. The van der Waals surface area contributed by atoms with Gasteiger partial charge in [0, 0.05) is 39.0 Å². The van der Waals surface area contributed by atoms with E-state index in [9.17, 15) is 14.4 Å². The molecule has 0 radical (unpaired) electrons. The quantitative estimate of drug-likeness (QED) is 0.789. The smallest absolute Gasteiger partial charge is 0.303 e. The molecule has 2 aliphatic heterocycles. The maximum atomic E-state index is 12.3. The highest BCUT2D eigenvalue weighted by atomic mass is 16.4. The number of hydrogen-bond donors (Lipinski definition) is 1. The van der Waals surface area contributed by atoms with Gasteiger partial charge in [-0.2, -0.15) is 0 Å². The first kappa shape index (κ1) is 13.8. The summed E-state index contributed by atoms with van der Waals surface area (Å²) in [6.45, 7) is 4.19. The summed E-state index contributed by atoms with van der Waals surface area (Å²) in [5.41, 5.74) is 0. The highest BCUT2D eigenvalue weighted by Gasteiger charge is 2.38. The van der Waals surface area contributed by atoms with Crippen LogP contribution < -0.4 is 0 Å². The van der Waals surface area contributed by atoms with Gasteiger partial charge in [-0.05, 0) is 19.3 Å². The van der Waals surface area contributed by atoms with Crippen LogP contribution in [0.4, 0.5) is 0 Å². The fraction of sp³-hybridized carbons (Fsp3) is 0.769. The number of rotatable bonds is 4. The Labute approximate surface area is 112 Å². The zero-order valence-electron chi connectivity index (χ0n) is 11.2. The van der Waals surface area contributed by atoms with E-state index in [0.717, 1.165) is 6.42 Å². The van der Waals surface area contributed by atoms with Gasteiger partial charge in [0.05, 0.1) is 5.92 Å². The predicted octanol–water partition coefficient (Wildman–Crippen LogP) is 0.178. The van der Waals surface area contributed by atoms with Crippen LogP contribution in [0.1, 0.15) is 26.2 Å². The van der Waals surface area contributed by atoms with Crippen molar-refractivity contribution in [2.24, 2.45) is 11.8 Å². The molecule has 2 saturated heterocycles. The lowest BCUT2D eigenvalue weighted by atomic mass is 10.1. The van der Waals surface area contributed by atoms with Crippen LogP contribution in [0, 0.1) is 11.8 Å². The minimum atomic E-state index is -0.812. The molecular weight excluding hydrogens is 248 g/mol. The summed E-state index contributed by atoms with van der Waals surface area (Å²) in [4.78, 5) is 38.0. The SMILES string of the molecule is CCN1CC(C(=O)N2CCC(CC(=O)O)C2)CC1=O. The van der Waals surface area contributed by atoms with Gasteiger partial charge in [0.15, 0.2) is 0 Å². The van der Waals surface area contributed by atoms with E-state index in [-0.39, 0.29) is 30.1 Å². The van der Waals surface area contributed by atoms with Gasteiger partial charge >= 0.3 is 5.97 Å².